The quantitative estimate of drug-likeness (QED) is 0.821. The van der Waals surface area contributed by atoms with Crippen molar-refractivity contribution in [2.75, 3.05) is 7.11 Å². The van der Waals surface area contributed by atoms with Crippen molar-refractivity contribution >= 4 is 5.91 Å². The molecule has 0 unspecified atom stereocenters. The van der Waals surface area contributed by atoms with Crippen LogP contribution in [0.5, 0.6) is 11.5 Å². The molecule has 0 heterocycles. The van der Waals surface area contributed by atoms with Crippen molar-refractivity contribution in [1.82, 2.24) is 5.32 Å². The summed E-state index contributed by atoms with van der Waals surface area (Å²) in [5.74, 6) is 1.19. The molecule has 0 spiro atoms. The molecule has 1 aromatic carbocycles. The minimum absolute atomic E-state index is 0.0298. The third kappa shape index (κ3) is 4.52. The Balaban J connectivity index is 1.83. The molecule has 1 saturated carbocycles. The number of allylic oxidation sites excluding steroid dienone is 2. The molecule has 1 aromatic rings. The molecule has 0 aliphatic heterocycles. The van der Waals surface area contributed by atoms with E-state index in [9.17, 15) is 9.90 Å². The maximum absolute atomic E-state index is 12.1. The molecule has 1 amide bonds. The van der Waals surface area contributed by atoms with Gasteiger partial charge in [0.15, 0.2) is 11.5 Å². The molecule has 0 bridgehead atoms. The Bertz CT molecular complexity index is 531. The van der Waals surface area contributed by atoms with Crippen LogP contribution in [0.4, 0.5) is 0 Å². The Morgan fingerprint density at radius 2 is 2.09 bits per heavy atom. The second kappa shape index (κ2) is 7.87. The molecular weight excluding hydrogens is 278 g/mol. The minimum Gasteiger partial charge on any atom is -0.504 e. The Morgan fingerprint density at radius 3 is 2.73 bits per heavy atom. The van der Waals surface area contributed by atoms with E-state index in [2.05, 4.69) is 24.4 Å². The molecular formula is C18H25NO3. The number of nitrogens with one attached hydrogen (secondary N) is 1. The van der Waals surface area contributed by atoms with Gasteiger partial charge in [-0.3, -0.25) is 4.79 Å². The first-order chi connectivity index (χ1) is 10.6. The lowest BCUT2D eigenvalue weighted by Gasteiger charge is -2.27. The maximum Gasteiger partial charge on any atom is 0.224 e. The predicted octanol–water partition coefficient (Wildman–Crippen LogP) is 3.19. The first-order valence-corrected chi connectivity index (χ1v) is 7.90. The second-order valence-corrected chi connectivity index (χ2v) is 5.89. The van der Waals surface area contributed by atoms with Gasteiger partial charge in [-0.05, 0) is 56.2 Å². The molecule has 2 rings (SSSR count). The van der Waals surface area contributed by atoms with Gasteiger partial charge in [-0.25, -0.2) is 0 Å². The van der Waals surface area contributed by atoms with Gasteiger partial charge in [0.2, 0.25) is 5.91 Å². The molecule has 4 heteroatoms. The fourth-order valence-corrected chi connectivity index (χ4v) is 3.02. The third-order valence-electron chi connectivity index (χ3n) is 4.21. The zero-order valence-corrected chi connectivity index (χ0v) is 13.3. The van der Waals surface area contributed by atoms with Gasteiger partial charge in [0.25, 0.3) is 0 Å². The number of rotatable bonds is 5. The molecule has 0 atom stereocenters. The SMILES string of the molecule is CC=C[C@H]1CC[C@H](NC(=O)Cc2ccc(O)c(OC)c2)CC1. The smallest absolute Gasteiger partial charge is 0.224 e. The summed E-state index contributed by atoms with van der Waals surface area (Å²) in [5, 5.41) is 12.7. The highest BCUT2D eigenvalue weighted by molar-refractivity contribution is 5.79. The third-order valence-corrected chi connectivity index (χ3v) is 4.21. The number of hydrogen-bond donors (Lipinski definition) is 2. The number of phenols is 1. The molecule has 1 aliphatic rings. The number of benzene rings is 1. The monoisotopic (exact) mass is 303 g/mol. The molecule has 0 radical (unpaired) electrons. The average Bonchev–Trinajstić information content (AvgIpc) is 2.51. The zero-order valence-electron chi connectivity index (χ0n) is 13.3. The average molecular weight is 303 g/mol. The predicted molar refractivity (Wildman–Crippen MR) is 87.1 cm³/mol. The lowest BCUT2D eigenvalue weighted by Crippen LogP contribution is -2.38. The van der Waals surface area contributed by atoms with E-state index in [0.717, 1.165) is 31.2 Å². The van der Waals surface area contributed by atoms with Gasteiger partial charge >= 0.3 is 0 Å². The summed E-state index contributed by atoms with van der Waals surface area (Å²) in [6.45, 7) is 2.06. The van der Waals surface area contributed by atoms with Gasteiger partial charge in [-0.2, -0.15) is 0 Å². The van der Waals surface area contributed by atoms with Crippen LogP contribution in [-0.4, -0.2) is 24.2 Å². The van der Waals surface area contributed by atoms with E-state index in [1.54, 1.807) is 18.2 Å². The first kappa shape index (κ1) is 16.4. The van der Waals surface area contributed by atoms with Crippen LogP contribution in [0.1, 0.15) is 38.2 Å². The fraction of sp³-hybridized carbons (Fsp3) is 0.500. The number of methoxy groups -OCH3 is 1. The van der Waals surface area contributed by atoms with Crippen molar-refractivity contribution in [2.45, 2.75) is 45.1 Å². The van der Waals surface area contributed by atoms with Crippen molar-refractivity contribution in [3.05, 3.63) is 35.9 Å². The molecule has 0 aromatic heterocycles. The Morgan fingerprint density at radius 1 is 1.36 bits per heavy atom. The van der Waals surface area contributed by atoms with Crippen LogP contribution in [0.15, 0.2) is 30.4 Å². The van der Waals surface area contributed by atoms with Gasteiger partial charge in [0, 0.05) is 6.04 Å². The molecule has 0 saturated heterocycles. The summed E-state index contributed by atoms with van der Waals surface area (Å²) < 4.78 is 5.06. The number of amides is 1. The van der Waals surface area contributed by atoms with Gasteiger partial charge < -0.3 is 15.2 Å². The minimum atomic E-state index is 0.0298. The van der Waals surface area contributed by atoms with Crippen molar-refractivity contribution in [3.63, 3.8) is 0 Å². The maximum atomic E-state index is 12.1. The molecule has 4 nitrogen and oxygen atoms in total. The van der Waals surface area contributed by atoms with E-state index >= 15 is 0 Å². The van der Waals surface area contributed by atoms with E-state index in [1.165, 1.54) is 7.11 Å². The summed E-state index contributed by atoms with van der Waals surface area (Å²) in [5.41, 5.74) is 0.842. The van der Waals surface area contributed by atoms with Gasteiger partial charge in [0.1, 0.15) is 0 Å². The van der Waals surface area contributed by atoms with Crippen LogP contribution < -0.4 is 10.1 Å². The van der Waals surface area contributed by atoms with Gasteiger partial charge in [0.05, 0.1) is 13.5 Å². The van der Waals surface area contributed by atoms with Crippen LogP contribution in [-0.2, 0) is 11.2 Å². The topological polar surface area (TPSA) is 58.6 Å². The van der Waals surface area contributed by atoms with Crippen molar-refractivity contribution in [3.8, 4) is 11.5 Å². The number of ether oxygens (including phenoxy) is 1. The van der Waals surface area contributed by atoms with Gasteiger partial charge in [-0.15, -0.1) is 0 Å². The largest absolute Gasteiger partial charge is 0.504 e. The van der Waals surface area contributed by atoms with E-state index < -0.39 is 0 Å². The van der Waals surface area contributed by atoms with E-state index in [0.29, 0.717) is 18.1 Å². The fourth-order valence-electron chi connectivity index (χ4n) is 3.02. The Labute approximate surface area is 132 Å². The van der Waals surface area contributed by atoms with Crippen molar-refractivity contribution in [1.29, 1.82) is 0 Å². The highest BCUT2D eigenvalue weighted by atomic mass is 16.5. The second-order valence-electron chi connectivity index (χ2n) is 5.89. The summed E-state index contributed by atoms with van der Waals surface area (Å²) >= 11 is 0. The van der Waals surface area contributed by atoms with Crippen LogP contribution in [0, 0.1) is 5.92 Å². The highest BCUT2D eigenvalue weighted by Gasteiger charge is 2.20. The van der Waals surface area contributed by atoms with Crippen LogP contribution in [0.25, 0.3) is 0 Å². The summed E-state index contributed by atoms with van der Waals surface area (Å²) in [4.78, 5) is 12.1. The Kier molecular flexibility index (Phi) is 5.87. The summed E-state index contributed by atoms with van der Waals surface area (Å²) in [7, 11) is 1.50. The Hall–Kier alpha value is -1.97. The molecule has 120 valence electrons. The van der Waals surface area contributed by atoms with Crippen LogP contribution >= 0.6 is 0 Å². The molecule has 22 heavy (non-hydrogen) atoms. The standard InChI is InChI=1S/C18H25NO3/c1-3-4-13-5-8-15(9-6-13)19-18(21)12-14-7-10-16(20)17(11-14)22-2/h3-4,7,10-11,13,15,20H,5-6,8-9,12H2,1-2H3,(H,19,21)/t13-,15-. The number of hydrogen-bond acceptors (Lipinski definition) is 3. The van der Waals surface area contributed by atoms with E-state index in [4.69, 9.17) is 4.74 Å². The lowest BCUT2D eigenvalue weighted by molar-refractivity contribution is -0.121. The first-order valence-electron chi connectivity index (χ1n) is 7.90. The number of aromatic hydroxyl groups is 1. The number of phenolic OH excluding ortho intramolecular Hbond substituents is 1. The van der Waals surface area contributed by atoms with Gasteiger partial charge in [-0.1, -0.05) is 18.2 Å². The van der Waals surface area contributed by atoms with Crippen LogP contribution in [0.2, 0.25) is 0 Å². The van der Waals surface area contributed by atoms with E-state index in [1.807, 2.05) is 0 Å². The number of carbonyl (C=O) groups excluding carboxylic acids is 1. The summed E-state index contributed by atoms with van der Waals surface area (Å²) in [6, 6.07) is 5.30. The highest BCUT2D eigenvalue weighted by Crippen LogP contribution is 2.27. The van der Waals surface area contributed by atoms with E-state index in [-0.39, 0.29) is 17.7 Å². The lowest BCUT2D eigenvalue weighted by atomic mass is 9.86. The zero-order chi connectivity index (χ0) is 15.9. The molecule has 1 fully saturated rings. The van der Waals surface area contributed by atoms with Crippen LogP contribution in [0.3, 0.4) is 0 Å². The number of carbonyl (C=O) groups is 1. The van der Waals surface area contributed by atoms with Crippen molar-refractivity contribution in [2.24, 2.45) is 5.92 Å². The summed E-state index contributed by atoms with van der Waals surface area (Å²) in [6.07, 6.45) is 9.05. The van der Waals surface area contributed by atoms with Crippen molar-refractivity contribution < 1.29 is 14.6 Å². The normalized spacial score (nSPS) is 21.7. The molecule has 1 aliphatic carbocycles. The molecule has 2 N–H and O–H groups in total.